The largest absolute Gasteiger partial charge is 0.497 e. The van der Waals surface area contributed by atoms with Gasteiger partial charge in [-0.15, -0.1) is 0 Å². The van der Waals surface area contributed by atoms with Crippen molar-refractivity contribution in [2.45, 2.75) is 19.8 Å². The predicted octanol–water partition coefficient (Wildman–Crippen LogP) is 4.51. The summed E-state index contributed by atoms with van der Waals surface area (Å²) >= 11 is 1.31. The Morgan fingerprint density at radius 2 is 1.85 bits per heavy atom. The molecule has 140 valence electrons. The van der Waals surface area contributed by atoms with E-state index in [9.17, 15) is 9.59 Å². The van der Waals surface area contributed by atoms with Crippen molar-refractivity contribution in [2.24, 2.45) is 0 Å². The molecule has 0 unspecified atom stereocenters. The van der Waals surface area contributed by atoms with E-state index in [0.29, 0.717) is 28.6 Å². The zero-order valence-corrected chi connectivity index (χ0v) is 16.0. The van der Waals surface area contributed by atoms with Crippen molar-refractivity contribution in [3.05, 3.63) is 53.6 Å². The molecular weight excluding hydrogens is 364 g/mol. The third kappa shape index (κ3) is 4.62. The average molecular weight is 384 g/mol. The molecule has 1 N–H and O–H groups in total. The van der Waals surface area contributed by atoms with E-state index in [1.54, 1.807) is 49.6 Å². The molecule has 0 spiro atoms. The second-order valence-electron chi connectivity index (χ2n) is 5.87. The normalized spacial score (nSPS) is 10.6. The highest BCUT2D eigenvalue weighted by Crippen LogP contribution is 2.27. The molecule has 0 aliphatic carbocycles. The first-order valence-electron chi connectivity index (χ1n) is 8.64. The van der Waals surface area contributed by atoms with Gasteiger partial charge < -0.3 is 9.47 Å². The number of fused-ring (bicyclic) bond motifs is 1. The molecule has 1 amide bonds. The third-order valence-corrected chi connectivity index (χ3v) is 4.86. The van der Waals surface area contributed by atoms with Crippen LogP contribution >= 0.6 is 11.3 Å². The van der Waals surface area contributed by atoms with E-state index in [1.807, 2.05) is 6.92 Å². The number of esters is 1. The minimum Gasteiger partial charge on any atom is -0.497 e. The van der Waals surface area contributed by atoms with Crippen molar-refractivity contribution in [1.82, 2.24) is 4.98 Å². The topological polar surface area (TPSA) is 77.5 Å². The van der Waals surface area contributed by atoms with Crippen molar-refractivity contribution in [3.63, 3.8) is 0 Å². The van der Waals surface area contributed by atoms with Gasteiger partial charge in [0.25, 0.3) is 5.91 Å². The third-order valence-electron chi connectivity index (χ3n) is 3.93. The number of anilines is 1. The average Bonchev–Trinajstić information content (AvgIpc) is 3.09. The second kappa shape index (κ2) is 8.64. The lowest BCUT2D eigenvalue weighted by atomic mass is 10.2. The number of ether oxygens (including phenoxy) is 2. The zero-order valence-electron chi connectivity index (χ0n) is 15.2. The van der Waals surface area contributed by atoms with Crippen molar-refractivity contribution in [1.29, 1.82) is 0 Å². The molecule has 0 aliphatic heterocycles. The van der Waals surface area contributed by atoms with E-state index in [2.05, 4.69) is 10.3 Å². The minimum atomic E-state index is -0.345. The molecule has 3 aromatic rings. The van der Waals surface area contributed by atoms with Crippen LogP contribution in [0.1, 0.15) is 40.5 Å². The zero-order chi connectivity index (χ0) is 19.2. The number of benzene rings is 2. The first kappa shape index (κ1) is 18.8. The van der Waals surface area contributed by atoms with Crippen LogP contribution in [0.15, 0.2) is 42.5 Å². The van der Waals surface area contributed by atoms with Gasteiger partial charge in [0.2, 0.25) is 0 Å². The summed E-state index contributed by atoms with van der Waals surface area (Å²) in [6, 6.07) is 12.0. The molecule has 0 aliphatic rings. The van der Waals surface area contributed by atoms with Crippen LogP contribution in [0.5, 0.6) is 5.75 Å². The van der Waals surface area contributed by atoms with Crippen LogP contribution in [0, 0.1) is 0 Å². The first-order valence-corrected chi connectivity index (χ1v) is 9.45. The van der Waals surface area contributed by atoms with Crippen molar-refractivity contribution in [2.75, 3.05) is 19.0 Å². The van der Waals surface area contributed by atoms with Gasteiger partial charge in [-0.05, 0) is 48.9 Å². The van der Waals surface area contributed by atoms with Crippen LogP contribution < -0.4 is 10.1 Å². The van der Waals surface area contributed by atoms with Gasteiger partial charge in [0.15, 0.2) is 5.13 Å². The Morgan fingerprint density at radius 3 is 2.56 bits per heavy atom. The first-order chi connectivity index (χ1) is 13.1. The van der Waals surface area contributed by atoms with Gasteiger partial charge in [-0.3, -0.25) is 10.1 Å². The molecule has 6 nitrogen and oxygen atoms in total. The van der Waals surface area contributed by atoms with E-state index in [-0.39, 0.29) is 11.9 Å². The quantitative estimate of drug-likeness (QED) is 0.479. The van der Waals surface area contributed by atoms with Gasteiger partial charge in [-0.1, -0.05) is 24.7 Å². The SMILES string of the molecule is CCCCOC(=O)c1ccc2nc(NC(=O)c3ccc(OC)cc3)sc2c1. The summed E-state index contributed by atoms with van der Waals surface area (Å²) in [5.41, 5.74) is 1.71. The van der Waals surface area contributed by atoms with E-state index >= 15 is 0 Å². The second-order valence-corrected chi connectivity index (χ2v) is 6.90. The van der Waals surface area contributed by atoms with E-state index in [1.165, 1.54) is 11.3 Å². The van der Waals surface area contributed by atoms with Crippen molar-refractivity contribution < 1.29 is 19.1 Å². The molecule has 0 saturated heterocycles. The van der Waals surface area contributed by atoms with Crippen molar-refractivity contribution in [3.8, 4) is 5.75 Å². The number of rotatable bonds is 7. The van der Waals surface area contributed by atoms with Gasteiger partial charge >= 0.3 is 5.97 Å². The highest BCUT2D eigenvalue weighted by Gasteiger charge is 2.13. The Hall–Kier alpha value is -2.93. The lowest BCUT2D eigenvalue weighted by Gasteiger charge is -2.03. The fraction of sp³-hybridized carbons (Fsp3) is 0.250. The van der Waals surface area contributed by atoms with Crippen molar-refractivity contribution >= 4 is 38.6 Å². The van der Waals surface area contributed by atoms with Crippen LogP contribution in [-0.2, 0) is 4.74 Å². The van der Waals surface area contributed by atoms with Gasteiger partial charge in [-0.2, -0.15) is 0 Å². The highest BCUT2D eigenvalue weighted by atomic mass is 32.1. The van der Waals surface area contributed by atoms with Crippen LogP contribution in [0.3, 0.4) is 0 Å². The Morgan fingerprint density at radius 1 is 1.11 bits per heavy atom. The Bertz CT molecular complexity index is 950. The number of amides is 1. The summed E-state index contributed by atoms with van der Waals surface area (Å²) in [6.45, 7) is 2.46. The predicted molar refractivity (Wildman–Crippen MR) is 106 cm³/mol. The van der Waals surface area contributed by atoms with Gasteiger partial charge in [0, 0.05) is 5.56 Å². The molecule has 3 rings (SSSR count). The van der Waals surface area contributed by atoms with E-state index in [0.717, 1.165) is 23.1 Å². The number of unbranched alkanes of at least 4 members (excludes halogenated alkanes) is 1. The monoisotopic (exact) mass is 384 g/mol. The lowest BCUT2D eigenvalue weighted by molar-refractivity contribution is 0.0500. The van der Waals surface area contributed by atoms with Crippen LogP contribution in [0.4, 0.5) is 5.13 Å². The Labute approximate surface area is 161 Å². The van der Waals surface area contributed by atoms with E-state index in [4.69, 9.17) is 9.47 Å². The molecule has 7 heteroatoms. The van der Waals surface area contributed by atoms with E-state index < -0.39 is 0 Å². The van der Waals surface area contributed by atoms with Gasteiger partial charge in [0.1, 0.15) is 5.75 Å². The highest BCUT2D eigenvalue weighted by molar-refractivity contribution is 7.22. The van der Waals surface area contributed by atoms with Crippen LogP contribution in [-0.4, -0.2) is 30.6 Å². The van der Waals surface area contributed by atoms with Crippen LogP contribution in [0.2, 0.25) is 0 Å². The smallest absolute Gasteiger partial charge is 0.338 e. The summed E-state index contributed by atoms with van der Waals surface area (Å²) in [5, 5.41) is 3.26. The number of hydrogen-bond donors (Lipinski definition) is 1. The standard InChI is InChI=1S/C20H20N2O4S/c1-3-4-11-26-19(24)14-7-10-16-17(12-14)27-20(21-16)22-18(23)13-5-8-15(25-2)9-6-13/h5-10,12H,3-4,11H2,1-2H3,(H,21,22,23). The fourth-order valence-corrected chi connectivity index (χ4v) is 3.31. The maximum Gasteiger partial charge on any atom is 0.338 e. The van der Waals surface area contributed by atoms with Gasteiger partial charge in [0.05, 0.1) is 29.5 Å². The molecule has 2 aromatic carbocycles. The summed E-state index contributed by atoms with van der Waals surface area (Å²) in [7, 11) is 1.57. The minimum absolute atomic E-state index is 0.254. The summed E-state index contributed by atoms with van der Waals surface area (Å²) < 4.78 is 11.1. The van der Waals surface area contributed by atoms with Crippen LogP contribution in [0.25, 0.3) is 10.2 Å². The molecule has 0 atom stereocenters. The molecular formula is C20H20N2O4S. The molecule has 0 fully saturated rings. The fourth-order valence-electron chi connectivity index (χ4n) is 2.41. The molecule has 0 radical (unpaired) electrons. The number of nitrogens with zero attached hydrogens (tertiary/aromatic N) is 1. The maximum atomic E-state index is 12.4. The number of methoxy groups -OCH3 is 1. The molecule has 1 heterocycles. The Kier molecular flexibility index (Phi) is 6.03. The summed E-state index contributed by atoms with van der Waals surface area (Å²) in [5.74, 6) is 0.0864. The number of thiazole rings is 1. The summed E-state index contributed by atoms with van der Waals surface area (Å²) in [4.78, 5) is 28.8. The maximum absolute atomic E-state index is 12.4. The van der Waals surface area contributed by atoms with Gasteiger partial charge in [-0.25, -0.2) is 9.78 Å². The number of carbonyl (C=O) groups is 2. The Balaban J connectivity index is 1.72. The number of hydrogen-bond acceptors (Lipinski definition) is 6. The summed E-state index contributed by atoms with van der Waals surface area (Å²) in [6.07, 6.45) is 1.81. The number of carbonyl (C=O) groups excluding carboxylic acids is 2. The number of aromatic nitrogens is 1. The lowest BCUT2D eigenvalue weighted by Crippen LogP contribution is -2.11. The number of nitrogens with one attached hydrogen (secondary N) is 1. The molecule has 0 bridgehead atoms. The molecule has 1 aromatic heterocycles. The molecule has 27 heavy (non-hydrogen) atoms. The molecule has 0 saturated carbocycles.